The van der Waals surface area contributed by atoms with Crippen LogP contribution in [0.1, 0.15) is 25.8 Å². The van der Waals surface area contributed by atoms with Gasteiger partial charge in [0.05, 0.1) is 13.2 Å². The van der Waals surface area contributed by atoms with Crippen molar-refractivity contribution in [2.24, 2.45) is 5.92 Å². The lowest BCUT2D eigenvalue weighted by Gasteiger charge is -2.09. The van der Waals surface area contributed by atoms with Crippen molar-refractivity contribution in [3.63, 3.8) is 0 Å². The van der Waals surface area contributed by atoms with Crippen LogP contribution in [0.2, 0.25) is 0 Å². The van der Waals surface area contributed by atoms with Crippen LogP contribution in [0, 0.1) is 11.7 Å². The largest absolute Gasteiger partial charge is 0.488 e. The van der Waals surface area contributed by atoms with Crippen LogP contribution in [0.5, 0.6) is 5.75 Å². The Morgan fingerprint density at radius 1 is 1.22 bits per heavy atom. The summed E-state index contributed by atoms with van der Waals surface area (Å²) in [7, 11) is 0. The number of ether oxygens (including phenoxy) is 2. The second-order valence-corrected chi connectivity index (χ2v) is 4.57. The van der Waals surface area contributed by atoms with Crippen LogP contribution in [-0.4, -0.2) is 24.9 Å². The van der Waals surface area contributed by atoms with Gasteiger partial charge in [-0.2, -0.15) is 0 Å². The molecule has 0 unspecified atom stereocenters. The van der Waals surface area contributed by atoms with Gasteiger partial charge in [-0.1, -0.05) is 19.9 Å². The van der Waals surface area contributed by atoms with Crippen molar-refractivity contribution in [1.82, 2.24) is 0 Å². The average Bonchev–Trinajstić information content (AvgIpc) is 2.34. The topological polar surface area (TPSA) is 38.7 Å². The summed E-state index contributed by atoms with van der Waals surface area (Å²) in [6.07, 6.45) is 1.01. The molecule has 1 N–H and O–H groups in total. The summed E-state index contributed by atoms with van der Waals surface area (Å²) >= 11 is 0. The minimum absolute atomic E-state index is 0.171. The minimum atomic E-state index is -0.455. The van der Waals surface area contributed by atoms with Crippen LogP contribution in [0.25, 0.3) is 0 Å². The minimum Gasteiger partial charge on any atom is -0.488 e. The van der Waals surface area contributed by atoms with E-state index in [2.05, 4.69) is 13.8 Å². The molecule has 0 spiro atoms. The maximum absolute atomic E-state index is 13.4. The Morgan fingerprint density at radius 2 is 2.00 bits per heavy atom. The Kier molecular flexibility index (Phi) is 6.68. The van der Waals surface area contributed by atoms with Crippen molar-refractivity contribution >= 4 is 0 Å². The molecule has 0 amide bonds. The first kappa shape index (κ1) is 14.9. The Labute approximate surface area is 108 Å². The maximum atomic E-state index is 13.4. The van der Waals surface area contributed by atoms with Gasteiger partial charge in [0.25, 0.3) is 0 Å². The first-order valence-electron chi connectivity index (χ1n) is 6.23. The second-order valence-electron chi connectivity index (χ2n) is 4.57. The highest BCUT2D eigenvalue weighted by Gasteiger charge is 2.04. The van der Waals surface area contributed by atoms with Gasteiger partial charge in [-0.05, 0) is 30.0 Å². The summed E-state index contributed by atoms with van der Waals surface area (Å²) in [4.78, 5) is 0. The number of aliphatic hydroxyl groups excluding tert-OH is 1. The summed E-state index contributed by atoms with van der Waals surface area (Å²) in [5.74, 6) is 0.359. The van der Waals surface area contributed by atoms with Gasteiger partial charge in [0, 0.05) is 6.61 Å². The summed E-state index contributed by atoms with van der Waals surface area (Å²) in [5.41, 5.74) is 0.535. The molecule has 0 saturated heterocycles. The molecule has 0 aliphatic carbocycles. The normalized spacial score (nSPS) is 10.9. The summed E-state index contributed by atoms with van der Waals surface area (Å²) < 4.78 is 24.1. The number of hydrogen-bond donors (Lipinski definition) is 1. The monoisotopic (exact) mass is 256 g/mol. The van der Waals surface area contributed by atoms with E-state index < -0.39 is 5.82 Å². The Hall–Kier alpha value is -1.13. The molecule has 3 nitrogen and oxygen atoms in total. The quantitative estimate of drug-likeness (QED) is 0.727. The Morgan fingerprint density at radius 3 is 2.61 bits per heavy atom. The molecular formula is C14H21FO3. The molecule has 1 aromatic rings. The third kappa shape index (κ3) is 5.47. The zero-order valence-electron chi connectivity index (χ0n) is 11.0. The van der Waals surface area contributed by atoms with E-state index >= 15 is 0 Å². The number of benzene rings is 1. The standard InChI is InChI=1S/C14H21FO3/c1-11(2)5-6-17-7-8-18-14-4-3-12(10-16)9-13(14)15/h3-4,9,11,16H,5-8,10H2,1-2H3. The number of rotatable bonds is 8. The van der Waals surface area contributed by atoms with Gasteiger partial charge in [-0.15, -0.1) is 0 Å². The van der Waals surface area contributed by atoms with Gasteiger partial charge >= 0.3 is 0 Å². The molecule has 0 aliphatic heterocycles. The Balaban J connectivity index is 2.23. The number of halogens is 1. The van der Waals surface area contributed by atoms with E-state index in [1.54, 1.807) is 6.07 Å². The van der Waals surface area contributed by atoms with Gasteiger partial charge in [0.2, 0.25) is 0 Å². The zero-order valence-corrected chi connectivity index (χ0v) is 11.0. The highest BCUT2D eigenvalue weighted by molar-refractivity contribution is 5.28. The lowest BCUT2D eigenvalue weighted by atomic mass is 10.1. The fourth-order valence-electron chi connectivity index (χ4n) is 1.39. The number of hydrogen-bond acceptors (Lipinski definition) is 3. The van der Waals surface area contributed by atoms with Gasteiger partial charge < -0.3 is 14.6 Å². The lowest BCUT2D eigenvalue weighted by Crippen LogP contribution is -2.09. The fourth-order valence-corrected chi connectivity index (χ4v) is 1.39. The van der Waals surface area contributed by atoms with E-state index in [0.717, 1.165) is 6.42 Å². The fraction of sp³-hybridized carbons (Fsp3) is 0.571. The smallest absolute Gasteiger partial charge is 0.165 e. The molecule has 0 radical (unpaired) electrons. The van der Waals surface area contributed by atoms with Crippen molar-refractivity contribution in [3.8, 4) is 5.75 Å². The zero-order chi connectivity index (χ0) is 13.4. The van der Waals surface area contributed by atoms with Crippen LogP contribution in [0.4, 0.5) is 4.39 Å². The first-order valence-corrected chi connectivity index (χ1v) is 6.23. The third-order valence-corrected chi connectivity index (χ3v) is 2.50. The molecule has 1 aromatic carbocycles. The van der Waals surface area contributed by atoms with Crippen molar-refractivity contribution < 1.29 is 19.0 Å². The molecule has 102 valence electrons. The highest BCUT2D eigenvalue weighted by Crippen LogP contribution is 2.18. The van der Waals surface area contributed by atoms with Crippen LogP contribution < -0.4 is 4.74 Å². The van der Waals surface area contributed by atoms with Crippen LogP contribution in [0.15, 0.2) is 18.2 Å². The number of aliphatic hydroxyl groups is 1. The Bertz CT molecular complexity index is 353. The van der Waals surface area contributed by atoms with E-state index in [-0.39, 0.29) is 12.4 Å². The van der Waals surface area contributed by atoms with Crippen molar-refractivity contribution in [2.75, 3.05) is 19.8 Å². The molecule has 0 bridgehead atoms. The van der Waals surface area contributed by atoms with E-state index in [0.29, 0.717) is 31.3 Å². The molecule has 4 heteroatoms. The lowest BCUT2D eigenvalue weighted by molar-refractivity contribution is 0.0913. The second kappa shape index (κ2) is 8.06. The van der Waals surface area contributed by atoms with Gasteiger partial charge in [-0.3, -0.25) is 0 Å². The third-order valence-electron chi connectivity index (χ3n) is 2.50. The van der Waals surface area contributed by atoms with E-state index in [4.69, 9.17) is 14.6 Å². The summed E-state index contributed by atoms with van der Waals surface area (Å²) in [6, 6.07) is 4.43. The maximum Gasteiger partial charge on any atom is 0.165 e. The highest BCUT2D eigenvalue weighted by atomic mass is 19.1. The predicted molar refractivity (Wildman–Crippen MR) is 68.1 cm³/mol. The SMILES string of the molecule is CC(C)CCOCCOc1ccc(CO)cc1F. The van der Waals surface area contributed by atoms with Crippen molar-refractivity contribution in [3.05, 3.63) is 29.6 Å². The molecule has 0 saturated carbocycles. The molecule has 0 fully saturated rings. The van der Waals surface area contributed by atoms with Gasteiger partial charge in [-0.25, -0.2) is 4.39 Å². The molecule has 0 aromatic heterocycles. The molecule has 1 rings (SSSR count). The van der Waals surface area contributed by atoms with E-state index in [9.17, 15) is 4.39 Å². The van der Waals surface area contributed by atoms with Crippen LogP contribution in [-0.2, 0) is 11.3 Å². The van der Waals surface area contributed by atoms with E-state index in [1.165, 1.54) is 12.1 Å². The molecule has 18 heavy (non-hydrogen) atoms. The van der Waals surface area contributed by atoms with Gasteiger partial charge in [0.1, 0.15) is 6.61 Å². The van der Waals surface area contributed by atoms with Crippen LogP contribution in [0.3, 0.4) is 0 Å². The first-order chi connectivity index (χ1) is 8.63. The molecular weight excluding hydrogens is 235 g/mol. The molecule has 0 heterocycles. The van der Waals surface area contributed by atoms with E-state index in [1.807, 2.05) is 0 Å². The summed E-state index contributed by atoms with van der Waals surface area (Å²) in [5, 5.41) is 8.84. The molecule has 0 aliphatic rings. The van der Waals surface area contributed by atoms with Crippen molar-refractivity contribution in [1.29, 1.82) is 0 Å². The molecule has 0 atom stereocenters. The van der Waals surface area contributed by atoms with Crippen molar-refractivity contribution in [2.45, 2.75) is 26.9 Å². The van der Waals surface area contributed by atoms with Crippen LogP contribution >= 0.6 is 0 Å². The van der Waals surface area contributed by atoms with Gasteiger partial charge in [0.15, 0.2) is 11.6 Å². The summed E-state index contributed by atoms with van der Waals surface area (Å²) in [6.45, 7) is 5.58. The predicted octanol–water partition coefficient (Wildman–Crippen LogP) is 2.76. The average molecular weight is 256 g/mol.